The van der Waals surface area contributed by atoms with Crippen LogP contribution in [-0.2, 0) is 20.1 Å². The molecule has 2 rings (SSSR count). The Kier molecular flexibility index (Phi) is 3.26. The Balaban J connectivity index is 2.36. The van der Waals surface area contributed by atoms with Gasteiger partial charge in [-0.05, 0) is 18.6 Å². The lowest BCUT2D eigenvalue weighted by molar-refractivity contribution is -0.149. The van der Waals surface area contributed by atoms with Crippen LogP contribution >= 0.6 is 0 Å². The van der Waals surface area contributed by atoms with Crippen LogP contribution in [0.4, 0.5) is 0 Å². The van der Waals surface area contributed by atoms with Gasteiger partial charge in [0.25, 0.3) is 0 Å². The molecule has 0 saturated carbocycles. The molecule has 0 unspecified atom stereocenters. The average molecular weight is 234 g/mol. The van der Waals surface area contributed by atoms with E-state index in [2.05, 4.69) is 0 Å². The molecule has 0 atom stereocenters. The molecule has 1 aromatic carbocycles. The molecule has 0 radical (unpaired) electrons. The zero-order valence-corrected chi connectivity index (χ0v) is 9.55. The van der Waals surface area contributed by atoms with E-state index in [9.17, 15) is 4.79 Å². The normalized spacial score (nSPS) is 18.6. The number of aliphatic carboxylic acids is 1. The van der Waals surface area contributed by atoms with Crippen molar-refractivity contribution in [1.29, 1.82) is 0 Å². The molecule has 0 spiro atoms. The first-order chi connectivity index (χ1) is 8.12. The first kappa shape index (κ1) is 11.8. The maximum Gasteiger partial charge on any atom is 0.328 e. The molecule has 1 fully saturated rings. The quantitative estimate of drug-likeness (QED) is 0.813. The summed E-state index contributed by atoms with van der Waals surface area (Å²) in [5, 5.41) is 8.65. The van der Waals surface area contributed by atoms with Crippen LogP contribution in [0.2, 0.25) is 0 Å². The SMILES string of the molecule is CC1(c2ccccc2/C=C/C(=O)O)OCCO1. The van der Waals surface area contributed by atoms with Gasteiger partial charge >= 0.3 is 5.97 Å². The lowest BCUT2D eigenvalue weighted by Gasteiger charge is -2.24. The van der Waals surface area contributed by atoms with Crippen LogP contribution in [0.5, 0.6) is 0 Å². The average Bonchev–Trinajstić information content (AvgIpc) is 2.75. The zero-order chi connectivity index (χ0) is 12.3. The van der Waals surface area contributed by atoms with Gasteiger partial charge in [0.2, 0.25) is 0 Å². The number of rotatable bonds is 3. The zero-order valence-electron chi connectivity index (χ0n) is 9.55. The molecule has 0 aliphatic carbocycles. The van der Waals surface area contributed by atoms with Gasteiger partial charge in [0, 0.05) is 11.6 Å². The van der Waals surface area contributed by atoms with Gasteiger partial charge in [0.1, 0.15) is 0 Å². The van der Waals surface area contributed by atoms with Crippen LogP contribution < -0.4 is 0 Å². The molecule has 4 nitrogen and oxygen atoms in total. The predicted molar refractivity (Wildman–Crippen MR) is 62.4 cm³/mol. The Bertz CT molecular complexity index is 444. The molecule has 0 aromatic heterocycles. The van der Waals surface area contributed by atoms with Crippen molar-refractivity contribution in [2.75, 3.05) is 13.2 Å². The minimum Gasteiger partial charge on any atom is -0.478 e. The third-order valence-electron chi connectivity index (χ3n) is 2.69. The summed E-state index contributed by atoms with van der Waals surface area (Å²) in [5.41, 5.74) is 1.63. The van der Waals surface area contributed by atoms with Crippen molar-refractivity contribution in [3.8, 4) is 0 Å². The molecular formula is C13H14O4. The van der Waals surface area contributed by atoms with Gasteiger partial charge in [0.15, 0.2) is 5.79 Å². The standard InChI is InChI=1S/C13H14O4/c1-13(16-8-9-17-13)11-5-3-2-4-10(11)6-7-12(14)15/h2-7H,8-9H2,1H3,(H,14,15)/b7-6+. The smallest absolute Gasteiger partial charge is 0.328 e. The van der Waals surface area contributed by atoms with Gasteiger partial charge in [-0.1, -0.05) is 24.3 Å². The van der Waals surface area contributed by atoms with E-state index in [-0.39, 0.29) is 0 Å². The van der Waals surface area contributed by atoms with E-state index in [1.54, 1.807) is 6.08 Å². The molecule has 0 bridgehead atoms. The van der Waals surface area contributed by atoms with Crippen molar-refractivity contribution in [1.82, 2.24) is 0 Å². The third-order valence-corrected chi connectivity index (χ3v) is 2.69. The molecular weight excluding hydrogens is 220 g/mol. The summed E-state index contributed by atoms with van der Waals surface area (Å²) < 4.78 is 11.1. The van der Waals surface area contributed by atoms with Crippen LogP contribution in [0, 0.1) is 0 Å². The minimum atomic E-state index is -0.974. The maximum atomic E-state index is 10.5. The molecule has 4 heteroatoms. The number of benzene rings is 1. The topological polar surface area (TPSA) is 55.8 Å². The molecule has 17 heavy (non-hydrogen) atoms. The summed E-state index contributed by atoms with van der Waals surface area (Å²) in [6.45, 7) is 2.94. The fourth-order valence-electron chi connectivity index (χ4n) is 1.89. The summed E-state index contributed by atoms with van der Waals surface area (Å²) >= 11 is 0. The van der Waals surface area contributed by atoms with Crippen molar-refractivity contribution < 1.29 is 19.4 Å². The number of carboxylic acids is 1. The summed E-state index contributed by atoms with van der Waals surface area (Å²) in [7, 11) is 0. The second kappa shape index (κ2) is 4.69. The van der Waals surface area contributed by atoms with Crippen LogP contribution in [-0.4, -0.2) is 24.3 Å². The molecule has 1 N–H and O–H groups in total. The van der Waals surface area contributed by atoms with Gasteiger partial charge in [-0.15, -0.1) is 0 Å². The maximum absolute atomic E-state index is 10.5. The second-order valence-electron chi connectivity index (χ2n) is 3.90. The first-order valence-electron chi connectivity index (χ1n) is 5.40. The van der Waals surface area contributed by atoms with Crippen molar-refractivity contribution in [3.05, 3.63) is 41.5 Å². The highest BCUT2D eigenvalue weighted by Gasteiger charge is 2.34. The Morgan fingerprint density at radius 1 is 1.35 bits per heavy atom. The third kappa shape index (κ3) is 2.54. The lowest BCUT2D eigenvalue weighted by Crippen LogP contribution is -2.23. The number of carbonyl (C=O) groups is 1. The van der Waals surface area contributed by atoms with Crippen molar-refractivity contribution in [2.45, 2.75) is 12.7 Å². The predicted octanol–water partition coefficient (Wildman–Crippen LogP) is 2.00. The van der Waals surface area contributed by atoms with E-state index in [4.69, 9.17) is 14.6 Å². The number of carboxylic acid groups (broad SMARTS) is 1. The van der Waals surface area contributed by atoms with Crippen LogP contribution in [0.3, 0.4) is 0 Å². The Morgan fingerprint density at radius 3 is 2.65 bits per heavy atom. The summed E-state index contributed by atoms with van der Waals surface area (Å²) in [5.74, 6) is -1.75. The van der Waals surface area contributed by atoms with E-state index in [0.717, 1.165) is 17.2 Å². The summed E-state index contributed by atoms with van der Waals surface area (Å²) in [6.07, 6.45) is 2.66. The van der Waals surface area contributed by atoms with E-state index in [1.807, 2.05) is 31.2 Å². The van der Waals surface area contributed by atoms with Crippen LogP contribution in [0.25, 0.3) is 6.08 Å². The second-order valence-corrected chi connectivity index (χ2v) is 3.90. The van der Waals surface area contributed by atoms with Crippen molar-refractivity contribution in [2.24, 2.45) is 0 Å². The van der Waals surface area contributed by atoms with Crippen LogP contribution in [0.1, 0.15) is 18.1 Å². The number of hydrogen-bond acceptors (Lipinski definition) is 3. The molecule has 1 aliphatic heterocycles. The van der Waals surface area contributed by atoms with Gasteiger partial charge in [-0.25, -0.2) is 4.79 Å². The van der Waals surface area contributed by atoms with Crippen molar-refractivity contribution >= 4 is 12.0 Å². The fourth-order valence-corrected chi connectivity index (χ4v) is 1.89. The van der Waals surface area contributed by atoms with Gasteiger partial charge < -0.3 is 14.6 Å². The summed E-state index contributed by atoms with van der Waals surface area (Å²) in [6, 6.07) is 7.45. The highest BCUT2D eigenvalue weighted by Crippen LogP contribution is 2.33. The van der Waals surface area contributed by atoms with E-state index in [1.165, 1.54) is 0 Å². The fraction of sp³-hybridized carbons (Fsp3) is 0.308. The highest BCUT2D eigenvalue weighted by atomic mass is 16.7. The minimum absolute atomic E-state index is 0.549. The Morgan fingerprint density at radius 2 is 2.00 bits per heavy atom. The molecule has 1 saturated heterocycles. The Hall–Kier alpha value is -1.65. The van der Waals surface area contributed by atoms with E-state index >= 15 is 0 Å². The molecule has 1 aliphatic rings. The largest absolute Gasteiger partial charge is 0.478 e. The highest BCUT2D eigenvalue weighted by molar-refractivity contribution is 5.85. The summed E-state index contributed by atoms with van der Waals surface area (Å²) in [4.78, 5) is 10.5. The van der Waals surface area contributed by atoms with Gasteiger partial charge in [0.05, 0.1) is 13.2 Å². The molecule has 0 amide bonds. The molecule has 1 heterocycles. The van der Waals surface area contributed by atoms with Crippen molar-refractivity contribution in [3.63, 3.8) is 0 Å². The Labute approximate surface area is 99.5 Å². The number of ether oxygens (including phenoxy) is 2. The van der Waals surface area contributed by atoms with E-state index < -0.39 is 11.8 Å². The van der Waals surface area contributed by atoms with Gasteiger partial charge in [-0.2, -0.15) is 0 Å². The molecule has 1 aromatic rings. The van der Waals surface area contributed by atoms with E-state index in [0.29, 0.717) is 13.2 Å². The first-order valence-corrected chi connectivity index (χ1v) is 5.40. The van der Waals surface area contributed by atoms with Crippen LogP contribution in [0.15, 0.2) is 30.3 Å². The number of hydrogen-bond donors (Lipinski definition) is 1. The molecule has 90 valence electrons. The van der Waals surface area contributed by atoms with Gasteiger partial charge in [-0.3, -0.25) is 0 Å². The lowest BCUT2D eigenvalue weighted by atomic mass is 10.00. The monoisotopic (exact) mass is 234 g/mol.